The van der Waals surface area contributed by atoms with Crippen LogP contribution in [0.15, 0.2) is 42.5 Å². The summed E-state index contributed by atoms with van der Waals surface area (Å²) in [6.45, 7) is 0. The summed E-state index contributed by atoms with van der Waals surface area (Å²) in [5, 5.41) is 5.36. The van der Waals surface area contributed by atoms with E-state index >= 15 is 0 Å². The zero-order valence-corrected chi connectivity index (χ0v) is 9.66. The van der Waals surface area contributed by atoms with Crippen molar-refractivity contribution in [3.8, 4) is 0 Å². The van der Waals surface area contributed by atoms with Crippen LogP contribution in [0, 0.1) is 6.07 Å². The van der Waals surface area contributed by atoms with Crippen LogP contribution in [0.3, 0.4) is 0 Å². The third kappa shape index (κ3) is 1.24. The van der Waals surface area contributed by atoms with Crippen LogP contribution in [0.25, 0.3) is 21.5 Å². The second-order valence-corrected chi connectivity index (χ2v) is 4.85. The van der Waals surface area contributed by atoms with Crippen LogP contribution in [0.1, 0.15) is 17.5 Å². The van der Waals surface area contributed by atoms with Crippen molar-refractivity contribution in [2.24, 2.45) is 0 Å². The highest BCUT2D eigenvalue weighted by Crippen LogP contribution is 2.33. The van der Waals surface area contributed by atoms with Gasteiger partial charge in [0.2, 0.25) is 0 Å². The fourth-order valence-corrected chi connectivity index (χ4v) is 3.10. The highest BCUT2D eigenvalue weighted by molar-refractivity contribution is 6.08. The van der Waals surface area contributed by atoms with Crippen molar-refractivity contribution in [3.63, 3.8) is 0 Å². The van der Waals surface area contributed by atoms with Gasteiger partial charge in [-0.15, -0.1) is 0 Å². The lowest BCUT2D eigenvalue weighted by atomic mass is 9.96. The van der Waals surface area contributed by atoms with Gasteiger partial charge in [0.25, 0.3) is 0 Å². The molecule has 0 heteroatoms. The van der Waals surface area contributed by atoms with Gasteiger partial charge in [-0.25, -0.2) is 0 Å². The first-order valence-corrected chi connectivity index (χ1v) is 6.27. The lowest BCUT2D eigenvalue weighted by Gasteiger charge is -2.08. The van der Waals surface area contributed by atoms with E-state index in [9.17, 15) is 0 Å². The van der Waals surface area contributed by atoms with Crippen molar-refractivity contribution in [2.75, 3.05) is 0 Å². The average Bonchev–Trinajstić information content (AvgIpc) is 2.86. The molecule has 1 aliphatic carbocycles. The number of hydrogen-bond donors (Lipinski definition) is 0. The normalized spacial score (nSPS) is 14.4. The first-order chi connectivity index (χ1) is 8.43. The molecule has 0 aliphatic heterocycles. The maximum absolute atomic E-state index is 3.38. The zero-order valence-electron chi connectivity index (χ0n) is 9.66. The molecule has 0 unspecified atom stereocenters. The van der Waals surface area contributed by atoms with E-state index in [4.69, 9.17) is 0 Å². The quantitative estimate of drug-likeness (QED) is 0.493. The molecule has 1 aliphatic rings. The fraction of sp³-hybridized carbons (Fsp3) is 0.176. The topological polar surface area (TPSA) is 0 Å². The average molecular weight is 217 g/mol. The molecular formula is C17H13. The molecule has 0 heterocycles. The molecule has 0 bridgehead atoms. The Balaban J connectivity index is 2.22. The van der Waals surface area contributed by atoms with Crippen LogP contribution < -0.4 is 0 Å². The maximum atomic E-state index is 3.38. The van der Waals surface area contributed by atoms with Crippen molar-refractivity contribution in [3.05, 3.63) is 59.7 Å². The van der Waals surface area contributed by atoms with Crippen LogP contribution >= 0.6 is 0 Å². The summed E-state index contributed by atoms with van der Waals surface area (Å²) in [5.41, 5.74) is 3.12. The second-order valence-electron chi connectivity index (χ2n) is 4.85. The summed E-state index contributed by atoms with van der Waals surface area (Å²) in [4.78, 5) is 0. The predicted octanol–water partition coefficient (Wildman–Crippen LogP) is 4.28. The Morgan fingerprint density at radius 2 is 1.82 bits per heavy atom. The van der Waals surface area contributed by atoms with Crippen LogP contribution in [0.2, 0.25) is 0 Å². The van der Waals surface area contributed by atoms with Crippen LogP contribution in [0.5, 0.6) is 0 Å². The van der Waals surface area contributed by atoms with Crippen molar-refractivity contribution in [1.29, 1.82) is 0 Å². The van der Waals surface area contributed by atoms with Crippen LogP contribution in [-0.2, 0) is 12.8 Å². The van der Waals surface area contributed by atoms with Gasteiger partial charge in [0.05, 0.1) is 0 Å². The Kier molecular flexibility index (Phi) is 1.81. The molecule has 0 amide bonds. The summed E-state index contributed by atoms with van der Waals surface area (Å²) < 4.78 is 0. The SMILES string of the molecule is [c]1cccc2ccc3c4c(ccc3c12)CCC4. The molecule has 17 heavy (non-hydrogen) atoms. The Morgan fingerprint density at radius 3 is 2.82 bits per heavy atom. The third-order valence-corrected chi connectivity index (χ3v) is 3.91. The van der Waals surface area contributed by atoms with E-state index in [2.05, 4.69) is 42.5 Å². The molecule has 1 radical (unpaired) electrons. The molecule has 3 aromatic rings. The van der Waals surface area contributed by atoms with E-state index in [1.165, 1.54) is 40.8 Å². The van der Waals surface area contributed by atoms with Crippen molar-refractivity contribution >= 4 is 21.5 Å². The first kappa shape index (κ1) is 9.23. The second kappa shape index (κ2) is 3.33. The van der Waals surface area contributed by atoms with Gasteiger partial charge in [0.15, 0.2) is 0 Å². The summed E-state index contributed by atoms with van der Waals surface area (Å²) >= 11 is 0. The Morgan fingerprint density at radius 1 is 0.882 bits per heavy atom. The molecule has 0 saturated heterocycles. The Bertz CT molecular complexity index is 723. The molecule has 0 fully saturated rings. The van der Waals surface area contributed by atoms with Gasteiger partial charge in [-0.3, -0.25) is 0 Å². The van der Waals surface area contributed by atoms with Gasteiger partial charge in [-0.1, -0.05) is 42.5 Å². The van der Waals surface area contributed by atoms with Gasteiger partial charge in [-0.05, 0) is 58.0 Å². The van der Waals surface area contributed by atoms with Crippen molar-refractivity contribution in [1.82, 2.24) is 0 Å². The Hall–Kier alpha value is -1.82. The van der Waals surface area contributed by atoms with E-state index in [0.717, 1.165) is 0 Å². The van der Waals surface area contributed by atoms with Gasteiger partial charge >= 0.3 is 0 Å². The molecule has 0 saturated carbocycles. The number of rotatable bonds is 0. The Labute approximate surface area is 101 Å². The van der Waals surface area contributed by atoms with Crippen molar-refractivity contribution < 1.29 is 0 Å². The lowest BCUT2D eigenvalue weighted by Crippen LogP contribution is -1.86. The molecule has 0 atom stereocenters. The number of hydrogen-bond acceptors (Lipinski definition) is 0. The molecule has 0 spiro atoms. The zero-order chi connectivity index (χ0) is 11.2. The van der Waals surface area contributed by atoms with Gasteiger partial charge in [0.1, 0.15) is 0 Å². The van der Waals surface area contributed by atoms with E-state index in [0.29, 0.717) is 0 Å². The largest absolute Gasteiger partial charge is 0.0610 e. The van der Waals surface area contributed by atoms with Crippen LogP contribution in [0.4, 0.5) is 0 Å². The molecule has 3 aromatic carbocycles. The highest BCUT2D eigenvalue weighted by Gasteiger charge is 2.14. The summed E-state index contributed by atoms with van der Waals surface area (Å²) in [7, 11) is 0. The van der Waals surface area contributed by atoms with Crippen LogP contribution in [-0.4, -0.2) is 0 Å². The van der Waals surface area contributed by atoms with E-state index in [1.54, 1.807) is 11.1 Å². The molecular weight excluding hydrogens is 204 g/mol. The fourth-order valence-electron chi connectivity index (χ4n) is 3.10. The van der Waals surface area contributed by atoms with E-state index < -0.39 is 0 Å². The lowest BCUT2D eigenvalue weighted by molar-refractivity contribution is 0.913. The predicted molar refractivity (Wildman–Crippen MR) is 72.3 cm³/mol. The van der Waals surface area contributed by atoms with Gasteiger partial charge in [-0.2, -0.15) is 0 Å². The number of fused-ring (bicyclic) bond motifs is 5. The maximum Gasteiger partial charge on any atom is -0.00265 e. The standard InChI is InChI=1S/C17H13/c1-2-6-14-12(4-1)8-10-17-15-7-3-5-13(15)9-11-16(14)17/h1-2,4,8-11H,3,5,7H2. The highest BCUT2D eigenvalue weighted by atomic mass is 14.2. The molecule has 0 N–H and O–H groups in total. The van der Waals surface area contributed by atoms with E-state index in [-0.39, 0.29) is 0 Å². The summed E-state index contributed by atoms with van der Waals surface area (Å²) in [6, 6.07) is 18.7. The molecule has 81 valence electrons. The summed E-state index contributed by atoms with van der Waals surface area (Å²) in [5.74, 6) is 0. The van der Waals surface area contributed by atoms with Crippen molar-refractivity contribution in [2.45, 2.75) is 19.3 Å². The number of aryl methyl sites for hydroxylation is 2. The minimum atomic E-state index is 1.24. The molecule has 0 nitrogen and oxygen atoms in total. The minimum Gasteiger partial charge on any atom is -0.0610 e. The van der Waals surface area contributed by atoms with E-state index in [1.807, 2.05) is 6.07 Å². The summed E-state index contributed by atoms with van der Waals surface area (Å²) in [6.07, 6.45) is 3.80. The third-order valence-electron chi connectivity index (χ3n) is 3.91. The number of benzene rings is 3. The van der Waals surface area contributed by atoms with Gasteiger partial charge < -0.3 is 0 Å². The smallest absolute Gasteiger partial charge is 0.00265 e. The monoisotopic (exact) mass is 217 g/mol. The molecule has 0 aromatic heterocycles. The van der Waals surface area contributed by atoms with Gasteiger partial charge in [0, 0.05) is 0 Å². The minimum absolute atomic E-state index is 1.24. The molecule has 4 rings (SSSR count). The first-order valence-electron chi connectivity index (χ1n) is 6.27.